The summed E-state index contributed by atoms with van der Waals surface area (Å²) in [5, 5.41) is 0.288. The molecule has 2 fully saturated rings. The van der Waals surface area contributed by atoms with Crippen molar-refractivity contribution in [3.63, 3.8) is 0 Å². The topological polar surface area (TPSA) is 40.6 Å². The zero-order chi connectivity index (χ0) is 13.8. The van der Waals surface area contributed by atoms with Gasteiger partial charge in [0, 0.05) is 38.2 Å². The van der Waals surface area contributed by atoms with E-state index in [1.54, 1.807) is 6.92 Å². The highest BCUT2D eigenvalue weighted by atomic mass is 32.2. The monoisotopic (exact) mass is 284 g/mol. The van der Waals surface area contributed by atoms with E-state index >= 15 is 0 Å². The van der Waals surface area contributed by atoms with Gasteiger partial charge in [-0.1, -0.05) is 18.7 Å². The molecule has 0 saturated carbocycles. The zero-order valence-corrected chi connectivity index (χ0v) is 12.7. The van der Waals surface area contributed by atoms with Gasteiger partial charge in [-0.3, -0.25) is 9.59 Å². The van der Waals surface area contributed by atoms with Crippen molar-refractivity contribution in [3.05, 3.63) is 0 Å². The zero-order valence-electron chi connectivity index (χ0n) is 11.9. The smallest absolute Gasteiger partial charge is 0.223 e. The first-order chi connectivity index (χ1) is 9.04. The molecule has 0 aliphatic carbocycles. The summed E-state index contributed by atoms with van der Waals surface area (Å²) in [4.78, 5) is 27.3. The van der Waals surface area contributed by atoms with Gasteiger partial charge in [-0.15, -0.1) is 0 Å². The Balaban J connectivity index is 1.71. The molecule has 0 spiro atoms. The predicted octanol–water partition coefficient (Wildman–Crippen LogP) is 1.60. The van der Waals surface area contributed by atoms with E-state index < -0.39 is 0 Å². The quantitative estimate of drug-likeness (QED) is 0.786. The van der Waals surface area contributed by atoms with Crippen LogP contribution in [0.4, 0.5) is 0 Å². The fourth-order valence-corrected chi connectivity index (χ4v) is 3.76. The van der Waals surface area contributed by atoms with Crippen LogP contribution in [-0.2, 0) is 9.59 Å². The maximum atomic E-state index is 11.9. The number of nitrogens with zero attached hydrogens (tertiary/aromatic N) is 2. The summed E-state index contributed by atoms with van der Waals surface area (Å²) in [6.07, 6.45) is 3.08. The average molecular weight is 284 g/mol. The minimum absolute atomic E-state index is 0.115. The van der Waals surface area contributed by atoms with Crippen molar-refractivity contribution < 1.29 is 9.59 Å². The molecule has 0 radical (unpaired) electrons. The van der Waals surface area contributed by atoms with Crippen LogP contribution in [0.2, 0.25) is 0 Å². The summed E-state index contributed by atoms with van der Waals surface area (Å²) in [5.41, 5.74) is 0. The lowest BCUT2D eigenvalue weighted by Crippen LogP contribution is -2.40. The van der Waals surface area contributed by atoms with Crippen molar-refractivity contribution in [1.29, 1.82) is 0 Å². The Kier molecular flexibility index (Phi) is 5.28. The van der Waals surface area contributed by atoms with Crippen molar-refractivity contribution in [2.75, 3.05) is 32.7 Å². The summed E-state index contributed by atoms with van der Waals surface area (Å²) in [7, 11) is 0. The Morgan fingerprint density at radius 3 is 2.63 bits per heavy atom. The van der Waals surface area contributed by atoms with E-state index in [1.807, 2.05) is 4.90 Å². The van der Waals surface area contributed by atoms with E-state index in [4.69, 9.17) is 0 Å². The largest absolute Gasteiger partial charge is 0.340 e. The maximum absolute atomic E-state index is 11.9. The molecule has 5 heteroatoms. The number of likely N-dealkylation sites (tertiary alicyclic amines) is 2. The van der Waals surface area contributed by atoms with Crippen LogP contribution in [0.25, 0.3) is 0 Å². The van der Waals surface area contributed by atoms with Gasteiger partial charge in [0.2, 0.25) is 5.91 Å². The highest BCUT2D eigenvalue weighted by Crippen LogP contribution is 2.24. The van der Waals surface area contributed by atoms with Crippen LogP contribution in [0, 0.1) is 5.92 Å². The number of amides is 1. The Hall–Kier alpha value is -0.550. The first kappa shape index (κ1) is 14.9. The molecule has 108 valence electrons. The lowest BCUT2D eigenvalue weighted by molar-refractivity contribution is -0.127. The van der Waals surface area contributed by atoms with E-state index in [0.717, 1.165) is 38.6 Å². The summed E-state index contributed by atoms with van der Waals surface area (Å²) in [6, 6.07) is 0. The van der Waals surface area contributed by atoms with Gasteiger partial charge in [0.15, 0.2) is 5.12 Å². The van der Waals surface area contributed by atoms with Crippen LogP contribution in [-0.4, -0.2) is 58.8 Å². The van der Waals surface area contributed by atoms with Crippen LogP contribution in [0.1, 0.15) is 33.1 Å². The SMILES string of the molecule is CC(=O)SC1CC(=O)N(CCN2CCC(C)CC2)C1. The van der Waals surface area contributed by atoms with Gasteiger partial charge in [-0.2, -0.15) is 0 Å². The van der Waals surface area contributed by atoms with Crippen LogP contribution in [0.5, 0.6) is 0 Å². The van der Waals surface area contributed by atoms with Crippen molar-refractivity contribution >= 4 is 22.8 Å². The fraction of sp³-hybridized carbons (Fsp3) is 0.857. The number of thioether (sulfide) groups is 1. The van der Waals surface area contributed by atoms with E-state index in [2.05, 4.69) is 11.8 Å². The van der Waals surface area contributed by atoms with Gasteiger partial charge in [0.1, 0.15) is 0 Å². The second-order valence-electron chi connectivity index (χ2n) is 5.80. The first-order valence-corrected chi connectivity index (χ1v) is 8.10. The average Bonchev–Trinajstić information content (AvgIpc) is 2.68. The van der Waals surface area contributed by atoms with E-state index in [1.165, 1.54) is 24.6 Å². The second-order valence-corrected chi connectivity index (χ2v) is 7.28. The predicted molar refractivity (Wildman–Crippen MR) is 78.1 cm³/mol. The fourth-order valence-electron chi connectivity index (χ4n) is 2.81. The minimum atomic E-state index is 0.115. The Bertz CT molecular complexity index is 340. The summed E-state index contributed by atoms with van der Waals surface area (Å²) >= 11 is 1.32. The Morgan fingerprint density at radius 1 is 1.32 bits per heavy atom. The van der Waals surface area contributed by atoms with Crippen molar-refractivity contribution in [2.45, 2.75) is 38.4 Å². The summed E-state index contributed by atoms with van der Waals surface area (Å²) in [6.45, 7) is 8.76. The molecule has 19 heavy (non-hydrogen) atoms. The first-order valence-electron chi connectivity index (χ1n) is 7.22. The molecule has 2 aliphatic rings. The lowest BCUT2D eigenvalue weighted by atomic mass is 9.99. The van der Waals surface area contributed by atoms with Crippen LogP contribution in [0.15, 0.2) is 0 Å². The number of piperidine rings is 1. The van der Waals surface area contributed by atoms with E-state index in [0.29, 0.717) is 6.42 Å². The Morgan fingerprint density at radius 2 is 2.00 bits per heavy atom. The molecule has 2 saturated heterocycles. The van der Waals surface area contributed by atoms with Crippen LogP contribution < -0.4 is 0 Å². The van der Waals surface area contributed by atoms with E-state index in [9.17, 15) is 9.59 Å². The minimum Gasteiger partial charge on any atom is -0.340 e. The molecule has 0 aromatic rings. The molecule has 2 heterocycles. The Labute approximate surface area is 119 Å². The molecule has 1 unspecified atom stereocenters. The third-order valence-electron chi connectivity index (χ3n) is 4.07. The highest BCUT2D eigenvalue weighted by molar-refractivity contribution is 8.14. The number of hydrogen-bond acceptors (Lipinski definition) is 4. The molecule has 0 bridgehead atoms. The lowest BCUT2D eigenvalue weighted by Gasteiger charge is -2.31. The molecule has 2 aliphatic heterocycles. The van der Waals surface area contributed by atoms with Crippen molar-refractivity contribution in [2.24, 2.45) is 5.92 Å². The van der Waals surface area contributed by atoms with Gasteiger partial charge in [0.25, 0.3) is 0 Å². The third kappa shape index (κ3) is 4.49. The number of rotatable bonds is 4. The standard InChI is InChI=1S/C14H24N2O2S/c1-11-3-5-15(6-4-11)7-8-16-10-13(9-14(16)18)19-12(2)17/h11,13H,3-10H2,1-2H3. The molecule has 1 amide bonds. The second kappa shape index (κ2) is 6.75. The molecule has 0 aromatic carbocycles. The molecule has 1 atom stereocenters. The molecular formula is C14H24N2O2S. The van der Waals surface area contributed by atoms with Crippen LogP contribution >= 0.6 is 11.8 Å². The molecule has 0 N–H and O–H groups in total. The summed E-state index contributed by atoms with van der Waals surface area (Å²) < 4.78 is 0. The van der Waals surface area contributed by atoms with E-state index in [-0.39, 0.29) is 16.3 Å². The van der Waals surface area contributed by atoms with Gasteiger partial charge < -0.3 is 9.80 Å². The third-order valence-corrected chi connectivity index (χ3v) is 5.06. The normalized spacial score (nSPS) is 26.1. The van der Waals surface area contributed by atoms with Crippen molar-refractivity contribution in [3.8, 4) is 0 Å². The van der Waals surface area contributed by atoms with Crippen molar-refractivity contribution in [1.82, 2.24) is 9.80 Å². The van der Waals surface area contributed by atoms with Crippen LogP contribution in [0.3, 0.4) is 0 Å². The van der Waals surface area contributed by atoms with Gasteiger partial charge >= 0.3 is 0 Å². The molecular weight excluding hydrogens is 260 g/mol. The van der Waals surface area contributed by atoms with Gasteiger partial charge in [0.05, 0.1) is 0 Å². The molecule has 2 rings (SSSR count). The van der Waals surface area contributed by atoms with Gasteiger partial charge in [-0.25, -0.2) is 0 Å². The maximum Gasteiger partial charge on any atom is 0.223 e. The van der Waals surface area contributed by atoms with Gasteiger partial charge in [-0.05, 0) is 31.8 Å². The number of carbonyl (C=O) groups excluding carboxylic acids is 2. The molecule has 4 nitrogen and oxygen atoms in total. The summed E-state index contributed by atoms with van der Waals surface area (Å²) in [5.74, 6) is 1.06. The number of hydrogen-bond donors (Lipinski definition) is 0. The number of carbonyl (C=O) groups is 2. The molecule has 0 aromatic heterocycles. The highest BCUT2D eigenvalue weighted by Gasteiger charge is 2.31.